The van der Waals surface area contributed by atoms with Crippen molar-refractivity contribution in [3.63, 3.8) is 0 Å². The van der Waals surface area contributed by atoms with Crippen molar-refractivity contribution in [2.75, 3.05) is 12.3 Å². The maximum atomic E-state index is 12.4. The minimum Gasteiger partial charge on any atom is -0.313 e. The lowest BCUT2D eigenvalue weighted by molar-refractivity contribution is 0.316. The molecule has 0 aliphatic heterocycles. The molecular formula is C14H29NOS. The summed E-state index contributed by atoms with van der Waals surface area (Å²) in [5, 5.41) is 3.93. The summed E-state index contributed by atoms with van der Waals surface area (Å²) < 4.78 is 12.4. The molecule has 1 rings (SSSR count). The molecule has 4 unspecified atom stereocenters. The molecule has 0 amide bonds. The predicted molar refractivity (Wildman–Crippen MR) is 76.8 cm³/mol. The zero-order chi connectivity index (χ0) is 12.7. The van der Waals surface area contributed by atoms with Crippen LogP contribution in [0, 0.1) is 5.92 Å². The highest BCUT2D eigenvalue weighted by Crippen LogP contribution is 2.28. The van der Waals surface area contributed by atoms with Gasteiger partial charge < -0.3 is 5.32 Å². The molecule has 1 saturated carbocycles. The van der Waals surface area contributed by atoms with E-state index in [0.29, 0.717) is 11.3 Å². The third kappa shape index (κ3) is 5.09. The molecule has 0 heterocycles. The Morgan fingerprint density at radius 2 is 2.00 bits per heavy atom. The van der Waals surface area contributed by atoms with E-state index in [1.165, 1.54) is 25.7 Å². The van der Waals surface area contributed by atoms with Crippen LogP contribution in [0.2, 0.25) is 0 Å². The molecular weight excluding hydrogens is 230 g/mol. The van der Waals surface area contributed by atoms with Crippen LogP contribution in [0.1, 0.15) is 59.3 Å². The summed E-state index contributed by atoms with van der Waals surface area (Å²) in [4.78, 5) is 0. The Morgan fingerprint density at radius 1 is 1.24 bits per heavy atom. The van der Waals surface area contributed by atoms with E-state index in [1.54, 1.807) is 0 Å². The van der Waals surface area contributed by atoms with E-state index in [-0.39, 0.29) is 0 Å². The third-order valence-corrected chi connectivity index (χ3v) is 5.69. The van der Waals surface area contributed by atoms with Crippen molar-refractivity contribution in [1.29, 1.82) is 0 Å². The van der Waals surface area contributed by atoms with Crippen molar-refractivity contribution in [3.8, 4) is 0 Å². The van der Waals surface area contributed by atoms with Crippen molar-refractivity contribution < 1.29 is 4.21 Å². The molecule has 102 valence electrons. The summed E-state index contributed by atoms with van der Waals surface area (Å²) in [7, 11) is -0.623. The van der Waals surface area contributed by atoms with E-state index in [2.05, 4.69) is 26.1 Å². The zero-order valence-electron chi connectivity index (χ0n) is 11.7. The molecule has 0 aromatic rings. The van der Waals surface area contributed by atoms with Gasteiger partial charge in [0, 0.05) is 22.6 Å². The number of hydrogen-bond acceptors (Lipinski definition) is 2. The van der Waals surface area contributed by atoms with Gasteiger partial charge in [0.15, 0.2) is 0 Å². The highest BCUT2D eigenvalue weighted by atomic mass is 32.2. The summed E-state index contributed by atoms with van der Waals surface area (Å²) in [5.41, 5.74) is 0. The number of hydrogen-bond donors (Lipinski definition) is 1. The molecule has 1 aliphatic rings. The molecule has 0 aromatic heterocycles. The predicted octanol–water partition coefficient (Wildman–Crippen LogP) is 3.09. The van der Waals surface area contributed by atoms with Crippen molar-refractivity contribution in [2.45, 2.75) is 70.6 Å². The average Bonchev–Trinajstić information content (AvgIpc) is 2.32. The Bertz CT molecular complexity index is 232. The summed E-state index contributed by atoms with van der Waals surface area (Å²) in [6, 6.07) is 0.499. The molecule has 0 saturated heterocycles. The van der Waals surface area contributed by atoms with Gasteiger partial charge in [-0.3, -0.25) is 4.21 Å². The van der Waals surface area contributed by atoms with Gasteiger partial charge in [0.25, 0.3) is 0 Å². The van der Waals surface area contributed by atoms with Gasteiger partial charge in [0.05, 0.1) is 5.25 Å². The van der Waals surface area contributed by atoms with Crippen molar-refractivity contribution >= 4 is 10.8 Å². The topological polar surface area (TPSA) is 29.1 Å². The summed E-state index contributed by atoms with van der Waals surface area (Å²) in [5.74, 6) is 1.66. The Kier molecular flexibility index (Phi) is 7.36. The maximum Gasteiger partial charge on any atom is 0.0503 e. The van der Waals surface area contributed by atoms with Gasteiger partial charge in [-0.15, -0.1) is 0 Å². The van der Waals surface area contributed by atoms with E-state index >= 15 is 0 Å². The molecule has 1 N–H and O–H groups in total. The first-order chi connectivity index (χ1) is 8.19. The second-order valence-corrected chi connectivity index (χ2v) is 7.19. The highest BCUT2D eigenvalue weighted by Gasteiger charge is 2.31. The molecule has 1 fully saturated rings. The van der Waals surface area contributed by atoms with Crippen LogP contribution in [0.3, 0.4) is 0 Å². The normalized spacial score (nSPS) is 31.4. The minimum atomic E-state index is -0.623. The van der Waals surface area contributed by atoms with E-state index < -0.39 is 10.8 Å². The minimum absolute atomic E-state index is 0.399. The van der Waals surface area contributed by atoms with E-state index in [9.17, 15) is 4.21 Å². The molecule has 0 radical (unpaired) electrons. The largest absolute Gasteiger partial charge is 0.313 e. The molecule has 1 aliphatic carbocycles. The first-order valence-corrected chi connectivity index (χ1v) is 8.67. The number of unbranched alkanes of at least 4 members (excludes halogenated alkanes) is 2. The molecule has 17 heavy (non-hydrogen) atoms. The van der Waals surface area contributed by atoms with Gasteiger partial charge >= 0.3 is 0 Å². The van der Waals surface area contributed by atoms with Crippen LogP contribution >= 0.6 is 0 Å². The van der Waals surface area contributed by atoms with Crippen LogP contribution in [0.15, 0.2) is 0 Å². The Hall–Kier alpha value is 0.110. The van der Waals surface area contributed by atoms with E-state index in [0.717, 1.165) is 31.1 Å². The Morgan fingerprint density at radius 3 is 2.65 bits per heavy atom. The second kappa shape index (κ2) is 8.25. The lowest BCUT2D eigenvalue weighted by Gasteiger charge is -2.34. The summed E-state index contributed by atoms with van der Waals surface area (Å²) in [6.07, 6.45) is 7.22. The van der Waals surface area contributed by atoms with Crippen LogP contribution < -0.4 is 5.32 Å². The smallest absolute Gasteiger partial charge is 0.0503 e. The van der Waals surface area contributed by atoms with Crippen LogP contribution in [0.4, 0.5) is 0 Å². The van der Waals surface area contributed by atoms with Crippen LogP contribution in [-0.4, -0.2) is 27.8 Å². The van der Waals surface area contributed by atoms with Gasteiger partial charge in [0.1, 0.15) is 0 Å². The first kappa shape index (κ1) is 15.2. The maximum absolute atomic E-state index is 12.4. The highest BCUT2D eigenvalue weighted by molar-refractivity contribution is 7.85. The molecule has 3 heteroatoms. The number of rotatable bonds is 7. The molecule has 0 aromatic carbocycles. The van der Waals surface area contributed by atoms with Crippen LogP contribution in [0.5, 0.6) is 0 Å². The van der Waals surface area contributed by atoms with Crippen LogP contribution in [0.25, 0.3) is 0 Å². The number of nitrogens with one attached hydrogen (secondary N) is 1. The Labute approximate surface area is 109 Å². The lowest BCUT2D eigenvalue weighted by atomic mass is 9.87. The fourth-order valence-corrected chi connectivity index (χ4v) is 4.69. The van der Waals surface area contributed by atoms with Gasteiger partial charge in [0.2, 0.25) is 0 Å². The van der Waals surface area contributed by atoms with Crippen molar-refractivity contribution in [1.82, 2.24) is 5.32 Å². The van der Waals surface area contributed by atoms with Gasteiger partial charge in [-0.2, -0.15) is 0 Å². The standard InChI is InChI=1S/C14H29NOS/c1-4-6-7-10-17(16)14-11-12(3)8-9-13(14)15-5-2/h12-15H,4-11H2,1-3H3. The van der Waals surface area contributed by atoms with Crippen molar-refractivity contribution in [3.05, 3.63) is 0 Å². The lowest BCUT2D eigenvalue weighted by Crippen LogP contribution is -2.46. The monoisotopic (exact) mass is 259 g/mol. The second-order valence-electron chi connectivity index (χ2n) is 5.41. The van der Waals surface area contributed by atoms with Crippen LogP contribution in [-0.2, 0) is 10.8 Å². The quantitative estimate of drug-likeness (QED) is 0.712. The third-order valence-electron chi connectivity index (χ3n) is 3.81. The first-order valence-electron chi connectivity index (χ1n) is 7.29. The van der Waals surface area contributed by atoms with Gasteiger partial charge in [-0.1, -0.05) is 33.6 Å². The van der Waals surface area contributed by atoms with E-state index in [1.807, 2.05) is 0 Å². The molecule has 0 spiro atoms. The fraction of sp³-hybridized carbons (Fsp3) is 1.00. The molecule has 0 bridgehead atoms. The SMILES string of the molecule is CCCCCS(=O)C1CC(C)CCC1NCC. The van der Waals surface area contributed by atoms with Crippen molar-refractivity contribution in [2.24, 2.45) is 5.92 Å². The zero-order valence-corrected chi connectivity index (χ0v) is 12.5. The summed E-state index contributed by atoms with van der Waals surface area (Å²) in [6.45, 7) is 7.66. The Balaban J connectivity index is 2.46. The average molecular weight is 259 g/mol. The molecule has 4 atom stereocenters. The van der Waals surface area contributed by atoms with E-state index in [4.69, 9.17) is 0 Å². The van der Waals surface area contributed by atoms with Gasteiger partial charge in [-0.25, -0.2) is 0 Å². The van der Waals surface area contributed by atoms with Gasteiger partial charge in [-0.05, 0) is 38.1 Å². The fourth-order valence-electron chi connectivity index (χ4n) is 2.76. The molecule has 2 nitrogen and oxygen atoms in total. The summed E-state index contributed by atoms with van der Waals surface area (Å²) >= 11 is 0.